The van der Waals surface area contributed by atoms with Crippen LogP contribution in [0.2, 0.25) is 0 Å². The van der Waals surface area contributed by atoms with E-state index in [1.807, 2.05) is 25.1 Å². The maximum atomic E-state index is 12.5. The highest BCUT2D eigenvalue weighted by Gasteiger charge is 2.32. The number of amides is 3. The molecule has 0 radical (unpaired) electrons. The number of anilines is 2. The lowest BCUT2D eigenvalue weighted by Crippen LogP contribution is -2.39. The number of nitrogens with zero attached hydrogens (tertiary/aromatic N) is 1. The van der Waals surface area contributed by atoms with Crippen molar-refractivity contribution in [2.75, 3.05) is 37.1 Å². The van der Waals surface area contributed by atoms with Gasteiger partial charge in [-0.05, 0) is 36.8 Å². The van der Waals surface area contributed by atoms with Crippen LogP contribution >= 0.6 is 0 Å². The molecule has 0 unspecified atom stereocenters. The summed E-state index contributed by atoms with van der Waals surface area (Å²) in [7, 11) is 1.55. The zero-order chi connectivity index (χ0) is 20.4. The first-order chi connectivity index (χ1) is 14.0. The summed E-state index contributed by atoms with van der Waals surface area (Å²) in [6.45, 7) is 3.32. The Morgan fingerprint density at radius 2 is 1.93 bits per heavy atom. The molecule has 2 aromatic carbocycles. The van der Waals surface area contributed by atoms with E-state index in [9.17, 15) is 9.59 Å². The summed E-state index contributed by atoms with van der Waals surface area (Å²) < 4.78 is 16.4. The van der Waals surface area contributed by atoms with Gasteiger partial charge in [0.1, 0.15) is 19.0 Å². The molecular weight excluding hydrogens is 374 g/mol. The van der Waals surface area contributed by atoms with Gasteiger partial charge in [-0.25, -0.2) is 4.79 Å². The minimum absolute atomic E-state index is 0.0555. The average Bonchev–Trinajstić information content (AvgIpc) is 3.07. The van der Waals surface area contributed by atoms with Crippen molar-refractivity contribution in [2.24, 2.45) is 0 Å². The van der Waals surface area contributed by atoms with Gasteiger partial charge in [-0.3, -0.25) is 4.79 Å². The molecule has 152 valence electrons. The predicted octanol–water partition coefficient (Wildman–Crippen LogP) is 2.70. The molecule has 4 rings (SSSR count). The van der Waals surface area contributed by atoms with E-state index in [1.54, 1.807) is 30.2 Å². The minimum Gasteiger partial charge on any atom is -0.495 e. The largest absolute Gasteiger partial charge is 0.495 e. The molecule has 0 aromatic heterocycles. The fourth-order valence-electron chi connectivity index (χ4n) is 3.52. The summed E-state index contributed by atoms with van der Waals surface area (Å²) in [5.41, 5.74) is 2.31. The van der Waals surface area contributed by atoms with Crippen LogP contribution < -0.4 is 29.7 Å². The van der Waals surface area contributed by atoms with Crippen LogP contribution in [0.15, 0.2) is 36.4 Å². The normalized spacial score (nSPS) is 17.8. The Hall–Kier alpha value is -3.42. The molecule has 2 heterocycles. The number of rotatable bonds is 4. The second kappa shape index (κ2) is 7.90. The molecule has 2 aliphatic heterocycles. The van der Waals surface area contributed by atoms with E-state index in [1.165, 1.54) is 0 Å². The van der Waals surface area contributed by atoms with Crippen molar-refractivity contribution in [2.45, 2.75) is 19.4 Å². The Morgan fingerprint density at radius 1 is 1.14 bits per heavy atom. The number of carbonyl (C=O) groups is 2. The SMILES string of the molecule is COc1ccc(C)cc1NC(=O)N[C@H]1CC(=O)N(c2ccc3c(c2)OCCO3)C1. The molecular formula is C21H23N3O5. The van der Waals surface area contributed by atoms with E-state index in [-0.39, 0.29) is 24.4 Å². The number of urea groups is 1. The molecule has 0 spiro atoms. The molecule has 0 bridgehead atoms. The maximum Gasteiger partial charge on any atom is 0.319 e. The molecule has 3 amide bonds. The number of carbonyl (C=O) groups excluding carboxylic acids is 2. The maximum absolute atomic E-state index is 12.5. The molecule has 2 N–H and O–H groups in total. The third kappa shape index (κ3) is 4.06. The number of ether oxygens (including phenoxy) is 3. The van der Waals surface area contributed by atoms with E-state index in [0.29, 0.717) is 42.7 Å². The first-order valence-corrected chi connectivity index (χ1v) is 9.45. The van der Waals surface area contributed by atoms with Crippen LogP contribution in [0.25, 0.3) is 0 Å². The van der Waals surface area contributed by atoms with Gasteiger partial charge in [0.15, 0.2) is 11.5 Å². The second-order valence-electron chi connectivity index (χ2n) is 7.04. The quantitative estimate of drug-likeness (QED) is 0.828. The van der Waals surface area contributed by atoms with E-state index in [0.717, 1.165) is 11.3 Å². The topological polar surface area (TPSA) is 89.1 Å². The molecule has 29 heavy (non-hydrogen) atoms. The van der Waals surface area contributed by atoms with Gasteiger partial charge in [-0.2, -0.15) is 0 Å². The highest BCUT2D eigenvalue weighted by atomic mass is 16.6. The number of aryl methyl sites for hydroxylation is 1. The summed E-state index contributed by atoms with van der Waals surface area (Å²) in [6.07, 6.45) is 0.229. The third-order valence-electron chi connectivity index (χ3n) is 4.90. The molecule has 0 aliphatic carbocycles. The number of benzene rings is 2. The van der Waals surface area contributed by atoms with Crippen LogP contribution in [-0.2, 0) is 4.79 Å². The number of hydrogen-bond donors (Lipinski definition) is 2. The van der Waals surface area contributed by atoms with Crippen molar-refractivity contribution in [1.82, 2.24) is 5.32 Å². The zero-order valence-corrected chi connectivity index (χ0v) is 16.4. The van der Waals surface area contributed by atoms with Gasteiger partial charge in [0.05, 0.1) is 18.8 Å². The van der Waals surface area contributed by atoms with Crippen molar-refractivity contribution in [3.8, 4) is 17.2 Å². The van der Waals surface area contributed by atoms with E-state index in [4.69, 9.17) is 14.2 Å². The van der Waals surface area contributed by atoms with Gasteiger partial charge in [-0.1, -0.05) is 6.07 Å². The number of hydrogen-bond acceptors (Lipinski definition) is 5. The summed E-state index contributed by atoms with van der Waals surface area (Å²) in [5, 5.41) is 5.66. The summed E-state index contributed by atoms with van der Waals surface area (Å²) >= 11 is 0. The first kappa shape index (κ1) is 18.9. The molecule has 8 nitrogen and oxygen atoms in total. The lowest BCUT2D eigenvalue weighted by Gasteiger charge is -2.22. The Kier molecular flexibility index (Phi) is 5.16. The fourth-order valence-corrected chi connectivity index (χ4v) is 3.52. The van der Waals surface area contributed by atoms with Crippen molar-refractivity contribution in [3.05, 3.63) is 42.0 Å². The molecule has 0 saturated carbocycles. The first-order valence-electron chi connectivity index (χ1n) is 9.45. The summed E-state index contributed by atoms with van der Waals surface area (Å²) in [4.78, 5) is 26.6. The number of fused-ring (bicyclic) bond motifs is 1. The smallest absolute Gasteiger partial charge is 0.319 e. The van der Waals surface area contributed by atoms with Crippen LogP contribution in [0.1, 0.15) is 12.0 Å². The number of nitrogens with one attached hydrogen (secondary N) is 2. The second-order valence-corrected chi connectivity index (χ2v) is 7.04. The van der Waals surface area contributed by atoms with Gasteiger partial charge in [0.25, 0.3) is 0 Å². The Bertz CT molecular complexity index is 946. The van der Waals surface area contributed by atoms with Gasteiger partial charge < -0.3 is 29.7 Å². The van der Waals surface area contributed by atoms with Crippen molar-refractivity contribution >= 4 is 23.3 Å². The van der Waals surface area contributed by atoms with Gasteiger partial charge in [-0.15, -0.1) is 0 Å². The molecule has 1 fully saturated rings. The molecule has 2 aromatic rings. The van der Waals surface area contributed by atoms with Gasteiger partial charge in [0, 0.05) is 24.7 Å². The van der Waals surface area contributed by atoms with Crippen LogP contribution in [0, 0.1) is 6.92 Å². The van der Waals surface area contributed by atoms with Crippen molar-refractivity contribution in [1.29, 1.82) is 0 Å². The highest BCUT2D eigenvalue weighted by molar-refractivity contribution is 5.98. The highest BCUT2D eigenvalue weighted by Crippen LogP contribution is 2.35. The number of methoxy groups -OCH3 is 1. The lowest BCUT2D eigenvalue weighted by atomic mass is 10.2. The lowest BCUT2D eigenvalue weighted by molar-refractivity contribution is -0.117. The van der Waals surface area contributed by atoms with E-state index < -0.39 is 0 Å². The average molecular weight is 397 g/mol. The minimum atomic E-state index is -0.379. The molecule has 1 saturated heterocycles. The standard InChI is InChI=1S/C21H23N3O5/c1-13-3-5-17(27-2)16(9-13)23-21(26)22-14-10-20(25)24(12-14)15-4-6-18-19(11-15)29-8-7-28-18/h3-6,9,11,14H,7-8,10,12H2,1-2H3,(H2,22,23,26)/t14-/m0/s1. The molecule has 2 aliphatic rings. The van der Waals surface area contributed by atoms with E-state index in [2.05, 4.69) is 10.6 Å². The van der Waals surface area contributed by atoms with Gasteiger partial charge in [0.2, 0.25) is 5.91 Å². The fraction of sp³-hybridized carbons (Fsp3) is 0.333. The van der Waals surface area contributed by atoms with Crippen LogP contribution in [0.3, 0.4) is 0 Å². The zero-order valence-electron chi connectivity index (χ0n) is 16.4. The van der Waals surface area contributed by atoms with Gasteiger partial charge >= 0.3 is 6.03 Å². The van der Waals surface area contributed by atoms with E-state index >= 15 is 0 Å². The Labute approximate surface area is 168 Å². The summed E-state index contributed by atoms with van der Waals surface area (Å²) in [5.74, 6) is 1.82. The Balaban J connectivity index is 1.41. The summed E-state index contributed by atoms with van der Waals surface area (Å²) in [6, 6.07) is 10.3. The van der Waals surface area contributed by atoms with Crippen molar-refractivity contribution in [3.63, 3.8) is 0 Å². The Morgan fingerprint density at radius 3 is 2.72 bits per heavy atom. The molecule has 8 heteroatoms. The van der Waals surface area contributed by atoms with Crippen molar-refractivity contribution < 1.29 is 23.8 Å². The predicted molar refractivity (Wildman–Crippen MR) is 108 cm³/mol. The third-order valence-corrected chi connectivity index (χ3v) is 4.90. The monoisotopic (exact) mass is 397 g/mol. The van der Waals surface area contributed by atoms with Crippen LogP contribution in [-0.4, -0.2) is 44.8 Å². The van der Waals surface area contributed by atoms with Crippen LogP contribution in [0.4, 0.5) is 16.2 Å². The van der Waals surface area contributed by atoms with Crippen LogP contribution in [0.5, 0.6) is 17.2 Å². The molecule has 1 atom stereocenters.